The van der Waals surface area contributed by atoms with Crippen molar-refractivity contribution >= 4 is 6.09 Å². The van der Waals surface area contributed by atoms with Crippen LogP contribution < -0.4 is 0 Å². The third-order valence-electron chi connectivity index (χ3n) is 3.56. The lowest BCUT2D eigenvalue weighted by Crippen LogP contribution is -2.45. The zero-order valence-electron chi connectivity index (χ0n) is 12.1. The van der Waals surface area contributed by atoms with Crippen molar-refractivity contribution in [3.8, 4) is 0 Å². The van der Waals surface area contributed by atoms with Crippen molar-refractivity contribution in [2.24, 2.45) is 0 Å². The molecule has 1 fully saturated rings. The summed E-state index contributed by atoms with van der Waals surface area (Å²) >= 11 is 0. The molecule has 1 aliphatic heterocycles. The van der Waals surface area contributed by atoms with Crippen LogP contribution in [0, 0.1) is 0 Å². The number of nitrogens with zero attached hydrogens (tertiary/aromatic N) is 2. The zero-order valence-corrected chi connectivity index (χ0v) is 12.1. The molecule has 1 saturated heterocycles. The van der Waals surface area contributed by atoms with Crippen molar-refractivity contribution in [1.82, 2.24) is 9.88 Å². The number of aromatic nitrogens is 1. The van der Waals surface area contributed by atoms with Gasteiger partial charge in [-0.2, -0.15) is 0 Å². The van der Waals surface area contributed by atoms with Gasteiger partial charge < -0.3 is 4.74 Å². The first kappa shape index (κ1) is 13.8. The fraction of sp³-hybridized carbons (Fsp3) is 0.600. The molecule has 0 bridgehead atoms. The third kappa shape index (κ3) is 2.88. The average Bonchev–Trinajstić information content (AvgIpc) is 2.72. The van der Waals surface area contributed by atoms with Crippen molar-refractivity contribution in [3.63, 3.8) is 0 Å². The zero-order chi connectivity index (χ0) is 14.1. The highest BCUT2D eigenvalue weighted by atomic mass is 16.6. The molecule has 2 heterocycles. The Morgan fingerprint density at radius 2 is 2.00 bits per heavy atom. The van der Waals surface area contributed by atoms with Gasteiger partial charge in [-0.1, -0.05) is 0 Å². The lowest BCUT2D eigenvalue weighted by atomic mass is 9.90. The Labute approximate surface area is 114 Å². The van der Waals surface area contributed by atoms with Gasteiger partial charge in [0.1, 0.15) is 5.60 Å². The summed E-state index contributed by atoms with van der Waals surface area (Å²) in [4.78, 5) is 18.2. The molecule has 0 aromatic carbocycles. The predicted octanol–water partition coefficient (Wildman–Crippen LogP) is 3.33. The number of pyridine rings is 1. The molecule has 1 aromatic heterocycles. The highest BCUT2D eigenvalue weighted by Gasteiger charge is 2.42. The maximum atomic E-state index is 12.3. The molecule has 0 N–H and O–H groups in total. The summed E-state index contributed by atoms with van der Waals surface area (Å²) in [7, 11) is 0. The van der Waals surface area contributed by atoms with E-state index in [2.05, 4.69) is 11.9 Å². The molecule has 0 spiro atoms. The first-order chi connectivity index (χ1) is 8.83. The van der Waals surface area contributed by atoms with Gasteiger partial charge in [-0.3, -0.25) is 9.88 Å². The summed E-state index contributed by atoms with van der Waals surface area (Å²) in [5, 5.41) is 0. The van der Waals surface area contributed by atoms with Crippen LogP contribution in [0.1, 0.15) is 46.1 Å². The molecule has 1 unspecified atom stereocenters. The maximum Gasteiger partial charge on any atom is 0.411 e. The molecule has 1 aromatic rings. The predicted molar refractivity (Wildman–Crippen MR) is 73.8 cm³/mol. The van der Waals surface area contributed by atoms with Crippen LogP contribution in [-0.2, 0) is 10.3 Å². The first-order valence-corrected chi connectivity index (χ1v) is 6.74. The second kappa shape index (κ2) is 4.83. The number of hydrogen-bond donors (Lipinski definition) is 0. The minimum absolute atomic E-state index is 0.232. The van der Waals surface area contributed by atoms with Gasteiger partial charge in [-0.05, 0) is 58.2 Å². The molecule has 104 valence electrons. The standard InChI is InChI=1S/C15H22N2O2/c1-14(2,3)19-13(18)17-11-5-8-15(17,4)12-6-9-16-10-7-12/h6-7,9-10H,5,8,11H2,1-4H3. The van der Waals surface area contributed by atoms with E-state index in [9.17, 15) is 4.79 Å². The normalized spacial score (nSPS) is 23.5. The van der Waals surface area contributed by atoms with Crippen LogP contribution in [0.25, 0.3) is 0 Å². The Hall–Kier alpha value is -1.58. The van der Waals surface area contributed by atoms with E-state index in [-0.39, 0.29) is 11.6 Å². The third-order valence-corrected chi connectivity index (χ3v) is 3.56. The van der Waals surface area contributed by atoms with Crippen molar-refractivity contribution in [2.45, 2.75) is 51.7 Å². The Morgan fingerprint density at radius 3 is 2.58 bits per heavy atom. The fourth-order valence-corrected chi connectivity index (χ4v) is 2.58. The van der Waals surface area contributed by atoms with E-state index in [4.69, 9.17) is 4.74 Å². The molecule has 19 heavy (non-hydrogen) atoms. The highest BCUT2D eigenvalue weighted by molar-refractivity contribution is 5.70. The smallest absolute Gasteiger partial charge is 0.411 e. The van der Waals surface area contributed by atoms with Gasteiger partial charge >= 0.3 is 6.09 Å². The largest absolute Gasteiger partial charge is 0.444 e. The van der Waals surface area contributed by atoms with Crippen LogP contribution in [0.4, 0.5) is 4.79 Å². The van der Waals surface area contributed by atoms with Crippen molar-refractivity contribution in [1.29, 1.82) is 0 Å². The SMILES string of the molecule is CC(C)(C)OC(=O)N1CCCC1(C)c1ccncc1. The molecule has 0 radical (unpaired) electrons. The summed E-state index contributed by atoms with van der Waals surface area (Å²) < 4.78 is 5.51. The lowest BCUT2D eigenvalue weighted by Gasteiger charge is -2.36. The minimum atomic E-state index is -0.459. The van der Waals surface area contributed by atoms with Gasteiger partial charge in [-0.25, -0.2) is 4.79 Å². The Balaban J connectivity index is 2.24. The molecule has 0 saturated carbocycles. The highest BCUT2D eigenvalue weighted by Crippen LogP contribution is 2.39. The van der Waals surface area contributed by atoms with Gasteiger partial charge in [0.2, 0.25) is 0 Å². The van der Waals surface area contributed by atoms with Crippen LogP contribution in [0.3, 0.4) is 0 Å². The fourth-order valence-electron chi connectivity index (χ4n) is 2.58. The molecule has 1 aliphatic rings. The second-order valence-electron chi connectivity index (χ2n) is 6.25. The van der Waals surface area contributed by atoms with Gasteiger partial charge in [0.25, 0.3) is 0 Å². The van der Waals surface area contributed by atoms with E-state index < -0.39 is 5.60 Å². The minimum Gasteiger partial charge on any atom is -0.444 e. The Bertz CT molecular complexity index is 453. The number of carbonyl (C=O) groups excluding carboxylic acids is 1. The van der Waals surface area contributed by atoms with E-state index in [1.165, 1.54) is 0 Å². The lowest BCUT2D eigenvalue weighted by molar-refractivity contribution is 0.00992. The summed E-state index contributed by atoms with van der Waals surface area (Å²) in [5.41, 5.74) is 0.371. The van der Waals surface area contributed by atoms with Crippen LogP contribution in [0.5, 0.6) is 0 Å². The van der Waals surface area contributed by atoms with E-state index in [1.807, 2.05) is 37.8 Å². The quantitative estimate of drug-likeness (QED) is 0.779. The number of amides is 1. The Morgan fingerprint density at radius 1 is 1.37 bits per heavy atom. The maximum absolute atomic E-state index is 12.3. The molecular formula is C15H22N2O2. The van der Waals surface area contributed by atoms with E-state index in [0.717, 1.165) is 24.9 Å². The molecule has 1 amide bonds. The van der Waals surface area contributed by atoms with E-state index in [0.29, 0.717) is 0 Å². The monoisotopic (exact) mass is 262 g/mol. The number of hydrogen-bond acceptors (Lipinski definition) is 3. The van der Waals surface area contributed by atoms with Crippen LogP contribution in [0.2, 0.25) is 0 Å². The van der Waals surface area contributed by atoms with E-state index in [1.54, 1.807) is 12.4 Å². The summed E-state index contributed by atoms with van der Waals surface area (Å²) in [5.74, 6) is 0. The van der Waals surface area contributed by atoms with Crippen LogP contribution >= 0.6 is 0 Å². The van der Waals surface area contributed by atoms with E-state index >= 15 is 0 Å². The molecule has 2 rings (SSSR count). The molecule has 0 aliphatic carbocycles. The van der Waals surface area contributed by atoms with Gasteiger partial charge in [0.05, 0.1) is 5.54 Å². The first-order valence-electron chi connectivity index (χ1n) is 6.74. The van der Waals surface area contributed by atoms with Gasteiger partial charge in [0.15, 0.2) is 0 Å². The number of carbonyl (C=O) groups is 1. The summed E-state index contributed by atoms with van der Waals surface area (Å²) in [6, 6.07) is 3.95. The molecule has 1 atom stereocenters. The summed E-state index contributed by atoms with van der Waals surface area (Å²) in [6.45, 7) is 8.52. The number of rotatable bonds is 1. The molecular weight excluding hydrogens is 240 g/mol. The molecule has 4 heteroatoms. The summed E-state index contributed by atoms with van der Waals surface area (Å²) in [6.07, 6.45) is 5.26. The number of ether oxygens (including phenoxy) is 1. The van der Waals surface area contributed by atoms with Crippen molar-refractivity contribution in [3.05, 3.63) is 30.1 Å². The van der Waals surface area contributed by atoms with Crippen molar-refractivity contribution in [2.75, 3.05) is 6.54 Å². The van der Waals surface area contributed by atoms with Crippen LogP contribution in [0.15, 0.2) is 24.5 Å². The Kier molecular flexibility index (Phi) is 3.52. The second-order valence-corrected chi connectivity index (χ2v) is 6.25. The average molecular weight is 262 g/mol. The van der Waals surface area contributed by atoms with Crippen LogP contribution in [-0.4, -0.2) is 28.1 Å². The number of likely N-dealkylation sites (tertiary alicyclic amines) is 1. The van der Waals surface area contributed by atoms with Crippen molar-refractivity contribution < 1.29 is 9.53 Å². The van der Waals surface area contributed by atoms with Gasteiger partial charge in [-0.15, -0.1) is 0 Å². The topological polar surface area (TPSA) is 42.4 Å². The molecule has 4 nitrogen and oxygen atoms in total. The van der Waals surface area contributed by atoms with Gasteiger partial charge in [0, 0.05) is 18.9 Å².